The number of amides is 2. The largest absolute Gasteiger partial charge is 0.326 e. The number of anilines is 2. The average molecular weight is 421 g/mol. The molecule has 0 aliphatic heterocycles. The Bertz CT molecular complexity index is 1010. The maximum absolute atomic E-state index is 13.0. The second-order valence-corrected chi connectivity index (χ2v) is 8.49. The molecule has 3 aromatic rings. The first-order valence-corrected chi connectivity index (χ1v) is 11.3. The van der Waals surface area contributed by atoms with E-state index in [1.54, 1.807) is 0 Å². The minimum atomic E-state index is -0.227. The van der Waals surface area contributed by atoms with Crippen LogP contribution in [0.15, 0.2) is 71.6 Å². The van der Waals surface area contributed by atoms with Crippen LogP contribution >= 0.6 is 11.8 Å². The number of unbranched alkanes of at least 4 members (excludes halogenated alkanes) is 1. The number of hydrogen-bond donors (Lipinski definition) is 2. The fourth-order valence-corrected chi connectivity index (χ4v) is 4.26. The fraction of sp³-hybridized carbons (Fsp3) is 0.280. The highest BCUT2D eigenvalue weighted by atomic mass is 32.2. The lowest BCUT2D eigenvalue weighted by molar-refractivity contribution is -0.116. The molecular formula is C25H28N2O2S. The highest BCUT2D eigenvalue weighted by Crippen LogP contribution is 2.30. The smallest absolute Gasteiger partial charge is 0.237 e. The molecule has 0 saturated heterocycles. The van der Waals surface area contributed by atoms with Crippen molar-refractivity contribution >= 4 is 45.7 Å². The number of hydrogen-bond acceptors (Lipinski definition) is 3. The Labute approximate surface area is 182 Å². The Kier molecular flexibility index (Phi) is 7.91. The molecule has 30 heavy (non-hydrogen) atoms. The summed E-state index contributed by atoms with van der Waals surface area (Å²) in [7, 11) is 0. The molecule has 0 aromatic heterocycles. The summed E-state index contributed by atoms with van der Waals surface area (Å²) in [6.45, 7) is 4.08. The highest BCUT2D eigenvalue weighted by molar-refractivity contribution is 8.00. The van der Waals surface area contributed by atoms with Crippen LogP contribution in [-0.2, 0) is 9.59 Å². The molecule has 0 spiro atoms. The number of nitrogens with one attached hydrogen (secondary N) is 2. The van der Waals surface area contributed by atoms with Gasteiger partial charge >= 0.3 is 0 Å². The van der Waals surface area contributed by atoms with Gasteiger partial charge in [0.15, 0.2) is 0 Å². The maximum Gasteiger partial charge on any atom is 0.237 e. The van der Waals surface area contributed by atoms with Crippen LogP contribution in [0.25, 0.3) is 10.8 Å². The van der Waals surface area contributed by atoms with E-state index in [0.717, 1.165) is 39.9 Å². The van der Waals surface area contributed by atoms with E-state index in [1.807, 2.05) is 73.7 Å². The Balaban J connectivity index is 1.68. The van der Waals surface area contributed by atoms with Crippen LogP contribution in [0.5, 0.6) is 0 Å². The third-order valence-corrected chi connectivity index (χ3v) is 6.22. The van der Waals surface area contributed by atoms with E-state index in [4.69, 9.17) is 0 Å². The molecule has 0 radical (unpaired) electrons. The van der Waals surface area contributed by atoms with E-state index in [1.165, 1.54) is 11.8 Å². The van der Waals surface area contributed by atoms with Crippen molar-refractivity contribution in [3.8, 4) is 0 Å². The summed E-state index contributed by atoms with van der Waals surface area (Å²) in [5.74, 6) is 0.0102. The van der Waals surface area contributed by atoms with Gasteiger partial charge in [-0.15, -0.1) is 11.8 Å². The lowest BCUT2D eigenvalue weighted by Gasteiger charge is -2.16. The fourth-order valence-electron chi connectivity index (χ4n) is 3.24. The summed E-state index contributed by atoms with van der Waals surface area (Å²) >= 11 is 1.52. The molecule has 1 atom stereocenters. The molecule has 0 bridgehead atoms. The lowest BCUT2D eigenvalue weighted by Crippen LogP contribution is -2.24. The molecule has 4 nitrogen and oxygen atoms in total. The maximum atomic E-state index is 13.0. The van der Waals surface area contributed by atoms with Gasteiger partial charge in [-0.1, -0.05) is 62.7 Å². The second kappa shape index (κ2) is 10.8. The zero-order valence-corrected chi connectivity index (χ0v) is 18.3. The summed E-state index contributed by atoms with van der Waals surface area (Å²) in [5.41, 5.74) is 1.60. The van der Waals surface area contributed by atoms with E-state index in [2.05, 4.69) is 17.6 Å². The Morgan fingerprint density at radius 3 is 2.50 bits per heavy atom. The van der Waals surface area contributed by atoms with Gasteiger partial charge in [-0.05, 0) is 42.5 Å². The zero-order chi connectivity index (χ0) is 21.3. The van der Waals surface area contributed by atoms with Crippen LogP contribution in [0.1, 0.15) is 39.5 Å². The van der Waals surface area contributed by atoms with Crippen LogP contribution in [0.2, 0.25) is 0 Å². The number of benzene rings is 3. The minimum Gasteiger partial charge on any atom is -0.326 e. The van der Waals surface area contributed by atoms with Gasteiger partial charge in [0.2, 0.25) is 11.8 Å². The summed E-state index contributed by atoms with van der Waals surface area (Å²) in [4.78, 5) is 25.9. The second-order valence-electron chi connectivity index (χ2n) is 7.21. The van der Waals surface area contributed by atoms with E-state index < -0.39 is 0 Å². The molecule has 0 heterocycles. The molecule has 156 valence electrons. The molecule has 0 aliphatic carbocycles. The first-order chi connectivity index (χ1) is 14.6. The standard InChI is InChI=1S/C25H28N2O2S/c1-3-5-16-24(28)26-19-12-9-13-20(17-19)30-23(4-2)25(29)27-22-15-8-11-18-10-6-7-14-21(18)22/h6-15,17,23H,3-5,16H2,1-2H3,(H,26,28)(H,27,29). The van der Waals surface area contributed by atoms with Gasteiger partial charge in [-0.3, -0.25) is 9.59 Å². The van der Waals surface area contributed by atoms with Crippen LogP contribution < -0.4 is 10.6 Å². The van der Waals surface area contributed by atoms with Crippen molar-refractivity contribution in [1.82, 2.24) is 0 Å². The number of carbonyl (C=O) groups is 2. The van der Waals surface area contributed by atoms with Gasteiger partial charge in [0.25, 0.3) is 0 Å². The van der Waals surface area contributed by atoms with Gasteiger partial charge in [0.05, 0.1) is 5.25 Å². The van der Waals surface area contributed by atoms with E-state index in [9.17, 15) is 9.59 Å². The number of rotatable bonds is 9. The number of carbonyl (C=O) groups excluding carboxylic acids is 2. The van der Waals surface area contributed by atoms with Crippen LogP contribution in [-0.4, -0.2) is 17.1 Å². The molecule has 0 aliphatic rings. The number of thioether (sulfide) groups is 1. The van der Waals surface area contributed by atoms with Gasteiger partial charge in [-0.2, -0.15) is 0 Å². The monoisotopic (exact) mass is 420 g/mol. The third-order valence-electron chi connectivity index (χ3n) is 4.86. The van der Waals surface area contributed by atoms with E-state index >= 15 is 0 Å². The van der Waals surface area contributed by atoms with Crippen molar-refractivity contribution in [3.05, 3.63) is 66.7 Å². The van der Waals surface area contributed by atoms with Crippen molar-refractivity contribution in [2.75, 3.05) is 10.6 Å². The first-order valence-electron chi connectivity index (χ1n) is 10.5. The SMILES string of the molecule is CCCCC(=O)Nc1cccc(SC(CC)C(=O)Nc2cccc3ccccc23)c1. The van der Waals surface area contributed by atoms with E-state index in [0.29, 0.717) is 12.8 Å². The minimum absolute atomic E-state index is 0.0174. The van der Waals surface area contributed by atoms with Crippen LogP contribution in [0.3, 0.4) is 0 Å². The van der Waals surface area contributed by atoms with Crippen LogP contribution in [0, 0.1) is 0 Å². The topological polar surface area (TPSA) is 58.2 Å². The first kappa shape index (κ1) is 21.9. The molecule has 2 amide bonds. The Morgan fingerprint density at radius 2 is 1.70 bits per heavy atom. The molecule has 3 rings (SSSR count). The lowest BCUT2D eigenvalue weighted by atomic mass is 10.1. The van der Waals surface area contributed by atoms with Crippen LogP contribution in [0.4, 0.5) is 11.4 Å². The van der Waals surface area contributed by atoms with Crippen molar-refractivity contribution in [2.45, 2.75) is 49.7 Å². The van der Waals surface area contributed by atoms with Crippen molar-refractivity contribution in [3.63, 3.8) is 0 Å². The van der Waals surface area contributed by atoms with Crippen molar-refractivity contribution in [1.29, 1.82) is 0 Å². The quantitative estimate of drug-likeness (QED) is 0.390. The normalized spacial score (nSPS) is 11.8. The molecule has 0 fully saturated rings. The van der Waals surface area contributed by atoms with Gasteiger partial charge in [-0.25, -0.2) is 0 Å². The third kappa shape index (κ3) is 5.86. The summed E-state index contributed by atoms with van der Waals surface area (Å²) in [6.07, 6.45) is 3.10. The summed E-state index contributed by atoms with van der Waals surface area (Å²) in [5, 5.41) is 7.95. The van der Waals surface area contributed by atoms with Crippen molar-refractivity contribution in [2.24, 2.45) is 0 Å². The number of fused-ring (bicyclic) bond motifs is 1. The highest BCUT2D eigenvalue weighted by Gasteiger charge is 2.19. The predicted molar refractivity (Wildman–Crippen MR) is 127 cm³/mol. The van der Waals surface area contributed by atoms with Gasteiger partial charge in [0, 0.05) is 28.1 Å². The molecule has 5 heteroatoms. The molecule has 0 saturated carbocycles. The molecular weight excluding hydrogens is 392 g/mol. The summed E-state index contributed by atoms with van der Waals surface area (Å²) in [6, 6.07) is 21.6. The molecule has 3 aromatic carbocycles. The molecule has 1 unspecified atom stereocenters. The van der Waals surface area contributed by atoms with E-state index in [-0.39, 0.29) is 17.1 Å². The van der Waals surface area contributed by atoms with Crippen molar-refractivity contribution < 1.29 is 9.59 Å². The zero-order valence-electron chi connectivity index (χ0n) is 17.5. The molecule has 2 N–H and O–H groups in total. The van der Waals surface area contributed by atoms with Gasteiger partial charge < -0.3 is 10.6 Å². The van der Waals surface area contributed by atoms with Gasteiger partial charge in [0.1, 0.15) is 0 Å². The average Bonchev–Trinajstić information content (AvgIpc) is 2.76. The Hall–Kier alpha value is -2.79. The Morgan fingerprint density at radius 1 is 0.933 bits per heavy atom. The summed E-state index contributed by atoms with van der Waals surface area (Å²) < 4.78 is 0. The predicted octanol–water partition coefficient (Wildman–Crippen LogP) is 6.48.